The van der Waals surface area contributed by atoms with Crippen molar-refractivity contribution in [1.82, 2.24) is 19.8 Å². The number of nitrogens with two attached hydrogens (primary N) is 1. The number of carbonyl (C=O) groups excluding carboxylic acids is 1. The molecule has 3 heterocycles. The number of carbonyl (C=O) groups is 1. The van der Waals surface area contributed by atoms with E-state index >= 15 is 0 Å². The van der Waals surface area contributed by atoms with Gasteiger partial charge in [-0.3, -0.25) is 9.80 Å². The predicted molar refractivity (Wildman–Crippen MR) is 151 cm³/mol. The lowest BCUT2D eigenvalue weighted by molar-refractivity contribution is -0.138. The standard InChI is InChI=1S/C28H31ClF3N7O2/c1-37-10-12-38(13-11-37)17-19-5-6-20(15-22(19)28(30,31)32)34-27(40)39-9-3-2-4-18-14-21(7-8-23(18)39)41-25-16-24(29)35-26(33)36-25/h5-8,14-16H,2-4,9-13,17H2,1H3,(H,34,40)(H2,33,35,36). The SMILES string of the molecule is CN1CCN(Cc2ccc(NC(=O)N3CCCCc4cc(Oc5cc(Cl)nc(N)n5)ccc43)cc2C(F)(F)F)CC1. The second-order valence-corrected chi connectivity index (χ2v) is 10.7. The predicted octanol–water partition coefficient (Wildman–Crippen LogP) is 5.65. The highest BCUT2D eigenvalue weighted by molar-refractivity contribution is 6.29. The van der Waals surface area contributed by atoms with E-state index in [0.29, 0.717) is 37.5 Å². The Hall–Kier alpha value is -3.61. The Morgan fingerprint density at radius 3 is 2.56 bits per heavy atom. The maximum Gasteiger partial charge on any atom is 0.416 e. The highest BCUT2D eigenvalue weighted by atomic mass is 35.5. The van der Waals surface area contributed by atoms with Gasteiger partial charge in [-0.1, -0.05) is 17.7 Å². The maximum atomic E-state index is 14.0. The molecule has 1 saturated heterocycles. The summed E-state index contributed by atoms with van der Waals surface area (Å²) in [7, 11) is 2.00. The monoisotopic (exact) mass is 589 g/mol. The van der Waals surface area contributed by atoms with Crippen LogP contribution in [0.1, 0.15) is 29.5 Å². The minimum Gasteiger partial charge on any atom is -0.439 e. The highest BCUT2D eigenvalue weighted by Gasteiger charge is 2.34. The molecular weight excluding hydrogens is 559 g/mol. The number of ether oxygens (including phenoxy) is 1. The van der Waals surface area contributed by atoms with Crippen LogP contribution in [0.2, 0.25) is 5.15 Å². The number of hydrogen-bond donors (Lipinski definition) is 2. The van der Waals surface area contributed by atoms with Gasteiger partial charge in [0.05, 0.1) is 5.56 Å². The van der Waals surface area contributed by atoms with Crippen molar-refractivity contribution >= 4 is 35.0 Å². The van der Waals surface area contributed by atoms with Crippen molar-refractivity contribution in [3.05, 3.63) is 64.3 Å². The van der Waals surface area contributed by atoms with Gasteiger partial charge in [-0.25, -0.2) is 9.78 Å². The number of rotatable bonds is 5. The number of nitrogens with zero attached hydrogens (tertiary/aromatic N) is 5. The van der Waals surface area contributed by atoms with Crippen molar-refractivity contribution in [1.29, 1.82) is 0 Å². The lowest BCUT2D eigenvalue weighted by atomic mass is 10.0. The number of hydrogen-bond acceptors (Lipinski definition) is 7. The molecule has 41 heavy (non-hydrogen) atoms. The number of alkyl halides is 3. The molecule has 1 fully saturated rings. The first-order valence-corrected chi connectivity index (χ1v) is 13.7. The molecule has 2 aliphatic heterocycles. The molecule has 0 unspecified atom stereocenters. The third kappa shape index (κ3) is 7.19. The minimum atomic E-state index is -4.55. The summed E-state index contributed by atoms with van der Waals surface area (Å²) in [4.78, 5) is 26.9. The van der Waals surface area contributed by atoms with E-state index in [1.807, 2.05) is 18.0 Å². The second-order valence-electron chi connectivity index (χ2n) is 10.3. The largest absolute Gasteiger partial charge is 0.439 e. The summed E-state index contributed by atoms with van der Waals surface area (Å²) in [5.41, 5.74) is 6.72. The number of fused-ring (bicyclic) bond motifs is 1. The van der Waals surface area contributed by atoms with Crippen LogP contribution in [0.5, 0.6) is 11.6 Å². The second kappa shape index (κ2) is 12.1. The van der Waals surface area contributed by atoms with Crippen molar-refractivity contribution in [3.8, 4) is 11.6 Å². The van der Waals surface area contributed by atoms with Crippen LogP contribution in [0.15, 0.2) is 42.5 Å². The molecule has 0 saturated carbocycles. The summed E-state index contributed by atoms with van der Waals surface area (Å²) >= 11 is 5.94. The first-order chi connectivity index (χ1) is 19.5. The topological polar surface area (TPSA) is 99.8 Å². The Morgan fingerprint density at radius 1 is 1.05 bits per heavy atom. The summed E-state index contributed by atoms with van der Waals surface area (Å²) < 4.78 is 47.9. The molecule has 1 aromatic heterocycles. The van der Waals surface area contributed by atoms with Crippen LogP contribution < -0.4 is 20.7 Å². The molecule has 13 heteroatoms. The number of benzene rings is 2. The molecule has 2 aliphatic rings. The third-order valence-corrected chi connectivity index (χ3v) is 7.43. The normalized spacial score (nSPS) is 16.7. The van der Waals surface area contributed by atoms with Gasteiger partial charge in [0.25, 0.3) is 0 Å². The summed E-state index contributed by atoms with van der Waals surface area (Å²) in [6, 6.07) is 10.2. The van der Waals surface area contributed by atoms with Crippen LogP contribution in [-0.4, -0.2) is 65.6 Å². The van der Waals surface area contributed by atoms with Gasteiger partial charge < -0.3 is 20.7 Å². The van der Waals surface area contributed by atoms with Crippen LogP contribution in [0.4, 0.5) is 35.3 Å². The van der Waals surface area contributed by atoms with Gasteiger partial charge in [0.1, 0.15) is 10.9 Å². The van der Waals surface area contributed by atoms with Crippen LogP contribution in [0, 0.1) is 0 Å². The van der Waals surface area contributed by atoms with Crippen molar-refractivity contribution in [3.63, 3.8) is 0 Å². The molecule has 2 aromatic carbocycles. The molecule has 3 aromatic rings. The van der Waals surface area contributed by atoms with Crippen LogP contribution >= 0.6 is 11.6 Å². The zero-order valence-corrected chi connectivity index (χ0v) is 23.3. The van der Waals surface area contributed by atoms with Gasteiger partial charge >= 0.3 is 12.2 Å². The number of amides is 2. The smallest absolute Gasteiger partial charge is 0.416 e. The lowest BCUT2D eigenvalue weighted by Gasteiger charge is -2.33. The van der Waals surface area contributed by atoms with Gasteiger partial charge in [-0.2, -0.15) is 18.2 Å². The number of nitrogens with one attached hydrogen (secondary N) is 1. The van der Waals surface area contributed by atoms with E-state index in [-0.39, 0.29) is 34.8 Å². The lowest BCUT2D eigenvalue weighted by Crippen LogP contribution is -2.44. The van der Waals surface area contributed by atoms with E-state index < -0.39 is 17.8 Å². The van der Waals surface area contributed by atoms with Gasteiger partial charge in [0.2, 0.25) is 11.8 Å². The fraction of sp³-hybridized carbons (Fsp3) is 0.393. The molecule has 3 N–H and O–H groups in total. The average molecular weight is 590 g/mol. The summed E-state index contributed by atoms with van der Waals surface area (Å²) in [5, 5.41) is 2.83. The van der Waals surface area contributed by atoms with Crippen molar-refractivity contribution in [2.75, 3.05) is 55.7 Å². The number of nitrogen functional groups attached to an aromatic ring is 1. The Balaban J connectivity index is 1.33. The number of likely N-dealkylation sites (N-methyl/N-ethyl adjacent to an activating group) is 1. The molecular formula is C28H31ClF3N7O2. The van der Waals surface area contributed by atoms with E-state index in [4.69, 9.17) is 22.1 Å². The Morgan fingerprint density at radius 2 is 1.83 bits per heavy atom. The summed E-state index contributed by atoms with van der Waals surface area (Å²) in [6.45, 7) is 3.65. The number of urea groups is 1. The quantitative estimate of drug-likeness (QED) is 0.371. The molecule has 0 spiro atoms. The summed E-state index contributed by atoms with van der Waals surface area (Å²) in [5.74, 6) is 0.638. The molecule has 0 atom stereocenters. The van der Waals surface area contributed by atoms with Crippen molar-refractivity contribution in [2.24, 2.45) is 0 Å². The van der Waals surface area contributed by atoms with E-state index in [2.05, 4.69) is 20.2 Å². The van der Waals surface area contributed by atoms with Gasteiger partial charge in [-0.15, -0.1) is 0 Å². The minimum absolute atomic E-state index is 0.0221. The molecule has 218 valence electrons. The molecule has 0 bridgehead atoms. The highest BCUT2D eigenvalue weighted by Crippen LogP contribution is 2.36. The third-order valence-electron chi connectivity index (χ3n) is 7.23. The fourth-order valence-electron chi connectivity index (χ4n) is 5.09. The number of aromatic nitrogens is 2. The number of piperazine rings is 1. The Bertz CT molecular complexity index is 1390. The number of halogens is 4. The Labute approximate surface area is 241 Å². The van der Waals surface area contributed by atoms with Crippen LogP contribution in [0.3, 0.4) is 0 Å². The van der Waals surface area contributed by atoms with Crippen molar-refractivity contribution in [2.45, 2.75) is 32.0 Å². The van der Waals surface area contributed by atoms with E-state index in [9.17, 15) is 18.0 Å². The average Bonchev–Trinajstić information content (AvgIpc) is 3.12. The molecule has 5 rings (SSSR count). The Kier molecular flexibility index (Phi) is 8.52. The van der Waals surface area contributed by atoms with Gasteiger partial charge in [0.15, 0.2) is 0 Å². The van der Waals surface area contributed by atoms with E-state index in [1.165, 1.54) is 18.2 Å². The first-order valence-electron chi connectivity index (χ1n) is 13.4. The number of aryl methyl sites for hydroxylation is 1. The first kappa shape index (κ1) is 28.9. The molecule has 9 nitrogen and oxygen atoms in total. The number of anilines is 3. The molecule has 2 amide bonds. The van der Waals surface area contributed by atoms with Gasteiger partial charge in [0, 0.05) is 56.7 Å². The summed E-state index contributed by atoms with van der Waals surface area (Å²) in [6.07, 6.45) is -2.30. The van der Waals surface area contributed by atoms with Crippen molar-refractivity contribution < 1.29 is 22.7 Å². The zero-order valence-electron chi connectivity index (χ0n) is 22.5. The molecule has 0 radical (unpaired) electrons. The fourth-order valence-corrected chi connectivity index (χ4v) is 5.27. The van der Waals surface area contributed by atoms with E-state index in [0.717, 1.165) is 37.6 Å². The van der Waals surface area contributed by atoms with Crippen LogP contribution in [-0.2, 0) is 19.1 Å². The molecule has 0 aliphatic carbocycles. The van der Waals surface area contributed by atoms with E-state index in [1.54, 1.807) is 17.0 Å². The zero-order chi connectivity index (χ0) is 29.1. The van der Waals surface area contributed by atoms with Gasteiger partial charge in [-0.05, 0) is 67.8 Å². The maximum absolute atomic E-state index is 14.0. The van der Waals surface area contributed by atoms with Crippen LogP contribution in [0.25, 0.3) is 0 Å².